The number of phenolic OH excluding ortho intramolecular Hbond substituents is 1. The number of alkyl halides is 3. The van der Waals surface area contributed by atoms with E-state index in [0.29, 0.717) is 12.8 Å². The lowest BCUT2D eigenvalue weighted by atomic mass is 10.0. The molecule has 1 aromatic rings. The van der Waals surface area contributed by atoms with Crippen LogP contribution in [0.1, 0.15) is 12.0 Å². The number of anilines is 1. The van der Waals surface area contributed by atoms with Crippen molar-refractivity contribution in [2.24, 2.45) is 0 Å². The van der Waals surface area contributed by atoms with E-state index in [1.54, 1.807) is 6.07 Å². The van der Waals surface area contributed by atoms with E-state index in [0.717, 1.165) is 10.5 Å². The molecule has 0 amide bonds. The van der Waals surface area contributed by atoms with Crippen LogP contribution in [-0.4, -0.2) is 24.4 Å². The van der Waals surface area contributed by atoms with Crippen molar-refractivity contribution in [2.75, 3.05) is 18.1 Å². The van der Waals surface area contributed by atoms with Gasteiger partial charge in [0, 0.05) is 18.3 Å². The minimum atomic E-state index is -3.50. The van der Waals surface area contributed by atoms with Gasteiger partial charge in [-0.25, -0.2) is 4.39 Å². The average molecular weight is 231 g/mol. The fourth-order valence-corrected chi connectivity index (χ4v) is 1.97. The van der Waals surface area contributed by atoms with E-state index in [2.05, 4.69) is 0 Å². The molecule has 2 rings (SSSR count). The third-order valence-corrected chi connectivity index (χ3v) is 2.74. The van der Waals surface area contributed by atoms with E-state index >= 15 is 0 Å². The fraction of sp³-hybridized carbons (Fsp3) is 0.455. The first-order valence-electron chi connectivity index (χ1n) is 5.08. The highest BCUT2D eigenvalue weighted by atomic mass is 19.3. The number of aryl methyl sites for hydroxylation is 1. The Hall–Kier alpha value is -1.39. The van der Waals surface area contributed by atoms with Crippen LogP contribution < -0.4 is 4.90 Å². The molecule has 0 radical (unpaired) electrons. The van der Waals surface area contributed by atoms with Crippen molar-refractivity contribution in [3.8, 4) is 5.75 Å². The van der Waals surface area contributed by atoms with Gasteiger partial charge in [-0.05, 0) is 24.5 Å². The lowest BCUT2D eigenvalue weighted by molar-refractivity contribution is -0.0262. The molecule has 1 aromatic carbocycles. The first-order chi connectivity index (χ1) is 7.54. The van der Waals surface area contributed by atoms with E-state index < -0.39 is 12.7 Å². The maximum absolute atomic E-state index is 13.3. The Morgan fingerprint density at radius 2 is 2.12 bits per heavy atom. The van der Waals surface area contributed by atoms with Crippen LogP contribution in [0.5, 0.6) is 5.75 Å². The molecule has 88 valence electrons. The highest BCUT2D eigenvalue weighted by Crippen LogP contribution is 2.36. The van der Waals surface area contributed by atoms with Gasteiger partial charge in [0.15, 0.2) is 6.67 Å². The van der Waals surface area contributed by atoms with Crippen LogP contribution in [0, 0.1) is 0 Å². The number of aromatic hydroxyl groups is 1. The first-order valence-corrected chi connectivity index (χ1v) is 5.08. The van der Waals surface area contributed by atoms with Crippen molar-refractivity contribution in [1.29, 1.82) is 0 Å². The summed E-state index contributed by atoms with van der Waals surface area (Å²) in [5, 5.41) is 9.28. The molecule has 0 unspecified atom stereocenters. The Morgan fingerprint density at radius 3 is 2.81 bits per heavy atom. The van der Waals surface area contributed by atoms with Crippen LogP contribution in [0.25, 0.3) is 0 Å². The van der Waals surface area contributed by atoms with Gasteiger partial charge in [0.05, 0.1) is 0 Å². The third kappa shape index (κ3) is 1.81. The second kappa shape index (κ2) is 3.88. The molecule has 0 saturated carbocycles. The number of fused-ring (bicyclic) bond motifs is 1. The van der Waals surface area contributed by atoms with Gasteiger partial charge in [0.25, 0.3) is 0 Å². The van der Waals surface area contributed by atoms with Gasteiger partial charge in [-0.3, -0.25) is 0 Å². The molecule has 0 atom stereocenters. The van der Waals surface area contributed by atoms with Gasteiger partial charge in [0.1, 0.15) is 5.75 Å². The van der Waals surface area contributed by atoms with E-state index in [-0.39, 0.29) is 18.0 Å². The van der Waals surface area contributed by atoms with E-state index in [9.17, 15) is 18.3 Å². The molecule has 5 heteroatoms. The van der Waals surface area contributed by atoms with E-state index in [1.165, 1.54) is 12.1 Å². The van der Waals surface area contributed by atoms with E-state index in [4.69, 9.17) is 0 Å². The van der Waals surface area contributed by atoms with Gasteiger partial charge in [-0.1, -0.05) is 6.07 Å². The molecule has 1 heterocycles. The van der Waals surface area contributed by atoms with Gasteiger partial charge in [0.2, 0.25) is 0 Å². The Kier molecular flexibility index (Phi) is 2.69. The lowest BCUT2D eigenvalue weighted by Gasteiger charge is -2.36. The summed E-state index contributed by atoms with van der Waals surface area (Å²) < 4.78 is 38.9. The fourth-order valence-electron chi connectivity index (χ4n) is 1.97. The molecule has 2 nitrogen and oxygen atoms in total. The molecule has 16 heavy (non-hydrogen) atoms. The molecule has 0 aromatic heterocycles. The Morgan fingerprint density at radius 1 is 1.38 bits per heavy atom. The van der Waals surface area contributed by atoms with Gasteiger partial charge in [-0.2, -0.15) is 8.78 Å². The van der Waals surface area contributed by atoms with Crippen molar-refractivity contribution < 1.29 is 18.3 Å². The molecule has 0 saturated heterocycles. The maximum Gasteiger partial charge on any atom is 0.353 e. The van der Waals surface area contributed by atoms with Crippen LogP contribution in [0.15, 0.2) is 18.2 Å². The van der Waals surface area contributed by atoms with E-state index in [1.807, 2.05) is 0 Å². The molecule has 1 aliphatic rings. The summed E-state index contributed by atoms with van der Waals surface area (Å²) in [4.78, 5) is 0.728. The van der Waals surface area contributed by atoms with Crippen LogP contribution in [0.4, 0.5) is 18.9 Å². The molecular formula is C11H12F3NO. The number of benzene rings is 1. The highest BCUT2D eigenvalue weighted by Gasteiger charge is 2.39. The Bertz CT molecular complexity index is 395. The minimum absolute atomic E-state index is 0.0830. The number of phenols is 1. The summed E-state index contributed by atoms with van der Waals surface area (Å²) >= 11 is 0. The molecule has 1 aliphatic heterocycles. The maximum atomic E-state index is 13.3. The summed E-state index contributed by atoms with van der Waals surface area (Å²) in [6, 6.07) is 0.822. The van der Waals surface area contributed by atoms with Crippen LogP contribution in [-0.2, 0) is 6.42 Å². The standard InChI is InChI=1S/C11H12F3NO/c12-7-11(13,14)15-5-1-2-8-3-4-9(16)6-10(8)15/h3-4,6,16H,1-2,5,7H2. The predicted molar refractivity (Wildman–Crippen MR) is 54.7 cm³/mol. The smallest absolute Gasteiger partial charge is 0.353 e. The zero-order valence-electron chi connectivity index (χ0n) is 8.59. The van der Waals surface area contributed by atoms with Crippen LogP contribution in [0.3, 0.4) is 0 Å². The Labute approximate surface area is 91.3 Å². The monoisotopic (exact) mass is 231 g/mol. The quantitative estimate of drug-likeness (QED) is 0.791. The largest absolute Gasteiger partial charge is 0.508 e. The molecule has 0 aliphatic carbocycles. The first kappa shape index (κ1) is 11.1. The van der Waals surface area contributed by atoms with Crippen molar-refractivity contribution in [2.45, 2.75) is 18.9 Å². The zero-order chi connectivity index (χ0) is 11.8. The van der Waals surface area contributed by atoms with Crippen LogP contribution >= 0.6 is 0 Å². The number of nitrogens with zero attached hydrogens (tertiary/aromatic N) is 1. The number of rotatable bonds is 2. The van der Waals surface area contributed by atoms with Crippen LogP contribution in [0.2, 0.25) is 0 Å². The summed E-state index contributed by atoms with van der Waals surface area (Å²) in [6.07, 6.45) is 1.24. The number of hydrogen-bond donors (Lipinski definition) is 1. The number of halogens is 3. The van der Waals surface area contributed by atoms with Crippen molar-refractivity contribution >= 4 is 5.69 Å². The predicted octanol–water partition coefficient (Wildman–Crippen LogP) is 2.71. The molecule has 0 fully saturated rings. The van der Waals surface area contributed by atoms with Crippen molar-refractivity contribution in [3.05, 3.63) is 23.8 Å². The zero-order valence-corrected chi connectivity index (χ0v) is 8.59. The second-order valence-corrected chi connectivity index (χ2v) is 3.87. The SMILES string of the molecule is Oc1ccc2c(c1)N(C(F)(F)CF)CCC2. The topological polar surface area (TPSA) is 23.5 Å². The average Bonchev–Trinajstić information content (AvgIpc) is 2.28. The summed E-state index contributed by atoms with van der Waals surface area (Å²) in [7, 11) is 0. The number of hydrogen-bond acceptors (Lipinski definition) is 2. The van der Waals surface area contributed by atoms with Crippen molar-refractivity contribution in [1.82, 2.24) is 0 Å². The summed E-state index contributed by atoms with van der Waals surface area (Å²) in [6.45, 7) is -1.62. The lowest BCUT2D eigenvalue weighted by Crippen LogP contribution is -2.46. The second-order valence-electron chi connectivity index (χ2n) is 3.87. The molecule has 0 spiro atoms. The summed E-state index contributed by atoms with van der Waals surface area (Å²) in [5.74, 6) is -0.0830. The third-order valence-electron chi connectivity index (χ3n) is 2.74. The van der Waals surface area contributed by atoms with Crippen molar-refractivity contribution in [3.63, 3.8) is 0 Å². The Balaban J connectivity index is 2.43. The molecular weight excluding hydrogens is 219 g/mol. The molecule has 1 N–H and O–H groups in total. The molecule has 0 bridgehead atoms. The van der Waals surface area contributed by atoms with Gasteiger partial charge >= 0.3 is 6.05 Å². The minimum Gasteiger partial charge on any atom is -0.508 e. The van der Waals surface area contributed by atoms with Gasteiger partial charge in [-0.15, -0.1) is 0 Å². The summed E-state index contributed by atoms with van der Waals surface area (Å²) in [5.41, 5.74) is 0.950. The normalized spacial score (nSPS) is 16.1. The highest BCUT2D eigenvalue weighted by molar-refractivity contribution is 5.59. The van der Waals surface area contributed by atoms with Gasteiger partial charge < -0.3 is 10.0 Å².